The Balaban J connectivity index is 2.43. The molecule has 110 valence electrons. The molecule has 4 nitrogen and oxygen atoms in total. The van der Waals surface area contributed by atoms with E-state index in [0.717, 1.165) is 16.9 Å². The van der Waals surface area contributed by atoms with Crippen LogP contribution < -0.4 is 4.90 Å². The van der Waals surface area contributed by atoms with Crippen molar-refractivity contribution in [2.45, 2.75) is 19.7 Å². The molecule has 0 N–H and O–H groups in total. The lowest BCUT2D eigenvalue weighted by Gasteiger charge is -2.22. The number of halogens is 1. The van der Waals surface area contributed by atoms with Crippen LogP contribution in [0, 0.1) is 24.0 Å². The minimum absolute atomic E-state index is 0.0581. The number of rotatable bonds is 4. The third kappa shape index (κ3) is 3.16. The van der Waals surface area contributed by atoms with Crippen molar-refractivity contribution >= 4 is 28.7 Å². The molecule has 0 heterocycles. The third-order valence-electron chi connectivity index (χ3n) is 3.50. The largest absolute Gasteiger partial charge is 0.344 e. The van der Waals surface area contributed by atoms with Gasteiger partial charge in [0.1, 0.15) is 0 Å². The lowest BCUT2D eigenvalue weighted by molar-refractivity contribution is -0.385. The number of nitro groups is 1. The summed E-state index contributed by atoms with van der Waals surface area (Å²) in [6.45, 7) is 4.10. The van der Waals surface area contributed by atoms with E-state index in [1.807, 2.05) is 37.9 Å². The van der Waals surface area contributed by atoms with E-state index in [1.54, 1.807) is 12.1 Å². The van der Waals surface area contributed by atoms with Gasteiger partial charge in [0.25, 0.3) is 5.69 Å². The summed E-state index contributed by atoms with van der Waals surface area (Å²) in [5, 5.41) is 11.0. The molecule has 2 aromatic carbocycles. The molecule has 0 amide bonds. The Morgan fingerprint density at radius 2 is 1.90 bits per heavy atom. The number of anilines is 2. The highest BCUT2D eigenvalue weighted by Gasteiger charge is 2.15. The van der Waals surface area contributed by atoms with Crippen molar-refractivity contribution in [1.82, 2.24) is 0 Å². The summed E-state index contributed by atoms with van der Waals surface area (Å²) in [5.41, 5.74) is 4.88. The van der Waals surface area contributed by atoms with Crippen molar-refractivity contribution in [2.75, 3.05) is 11.9 Å². The predicted octanol–water partition coefficient (Wildman–Crippen LogP) is 4.72. The first-order chi connectivity index (χ1) is 9.93. The smallest absolute Gasteiger partial charge is 0.273 e. The van der Waals surface area contributed by atoms with Crippen LogP contribution in [-0.4, -0.2) is 12.0 Å². The maximum Gasteiger partial charge on any atom is 0.273 e. The van der Waals surface area contributed by atoms with Crippen LogP contribution in [0.15, 0.2) is 36.4 Å². The number of aryl methyl sites for hydroxylation is 2. The Kier molecular flexibility index (Phi) is 4.48. The molecule has 0 radical (unpaired) electrons. The van der Waals surface area contributed by atoms with Gasteiger partial charge in [-0.15, -0.1) is 11.6 Å². The van der Waals surface area contributed by atoms with Crippen molar-refractivity contribution in [2.24, 2.45) is 0 Å². The summed E-state index contributed by atoms with van der Waals surface area (Å²) in [6.07, 6.45) is 0. The molecular weight excluding hydrogens is 288 g/mol. The van der Waals surface area contributed by atoms with Crippen LogP contribution in [0.25, 0.3) is 0 Å². The van der Waals surface area contributed by atoms with Gasteiger partial charge in [-0.1, -0.05) is 17.7 Å². The molecule has 0 unspecified atom stereocenters. The molecule has 0 aromatic heterocycles. The van der Waals surface area contributed by atoms with Crippen LogP contribution >= 0.6 is 11.6 Å². The second-order valence-electron chi connectivity index (χ2n) is 5.05. The molecule has 0 aliphatic heterocycles. The second kappa shape index (κ2) is 6.14. The van der Waals surface area contributed by atoms with Gasteiger partial charge in [-0.2, -0.15) is 0 Å². The van der Waals surface area contributed by atoms with Gasteiger partial charge in [0.2, 0.25) is 0 Å². The maximum absolute atomic E-state index is 11.0. The monoisotopic (exact) mass is 304 g/mol. The summed E-state index contributed by atoms with van der Waals surface area (Å²) in [6, 6.07) is 11.2. The Bertz CT molecular complexity index is 686. The van der Waals surface area contributed by atoms with Gasteiger partial charge in [-0.3, -0.25) is 10.1 Å². The number of hydrogen-bond acceptors (Lipinski definition) is 3. The van der Waals surface area contributed by atoms with Crippen LogP contribution in [0.1, 0.15) is 16.7 Å². The van der Waals surface area contributed by atoms with Crippen LogP contribution in [0.3, 0.4) is 0 Å². The molecule has 0 spiro atoms. The molecule has 0 atom stereocenters. The van der Waals surface area contributed by atoms with Crippen molar-refractivity contribution in [3.8, 4) is 0 Å². The maximum atomic E-state index is 11.0. The van der Waals surface area contributed by atoms with Gasteiger partial charge in [-0.05, 0) is 37.6 Å². The highest BCUT2D eigenvalue weighted by molar-refractivity contribution is 6.17. The average molecular weight is 305 g/mol. The number of nitrogens with zero attached hydrogens (tertiary/aromatic N) is 2. The van der Waals surface area contributed by atoms with Crippen molar-refractivity contribution in [3.63, 3.8) is 0 Å². The highest BCUT2D eigenvalue weighted by atomic mass is 35.5. The van der Waals surface area contributed by atoms with E-state index in [2.05, 4.69) is 6.07 Å². The molecule has 0 aliphatic carbocycles. The van der Waals surface area contributed by atoms with Gasteiger partial charge >= 0.3 is 0 Å². The fourth-order valence-electron chi connectivity index (χ4n) is 2.39. The van der Waals surface area contributed by atoms with E-state index in [-0.39, 0.29) is 11.6 Å². The molecule has 2 rings (SSSR count). The molecule has 2 aromatic rings. The van der Waals surface area contributed by atoms with Gasteiger partial charge in [0.15, 0.2) is 0 Å². The van der Waals surface area contributed by atoms with Crippen LogP contribution in [0.2, 0.25) is 0 Å². The Morgan fingerprint density at radius 3 is 2.48 bits per heavy atom. The molecule has 0 saturated carbocycles. The molecule has 21 heavy (non-hydrogen) atoms. The first kappa shape index (κ1) is 15.3. The predicted molar refractivity (Wildman–Crippen MR) is 86.6 cm³/mol. The molecular formula is C16H17ClN2O2. The lowest BCUT2D eigenvalue weighted by atomic mass is 10.1. The van der Waals surface area contributed by atoms with Crippen LogP contribution in [0.4, 0.5) is 17.1 Å². The normalized spacial score (nSPS) is 10.5. The van der Waals surface area contributed by atoms with Crippen LogP contribution in [0.5, 0.6) is 0 Å². The number of hydrogen-bond donors (Lipinski definition) is 0. The van der Waals surface area contributed by atoms with E-state index in [4.69, 9.17) is 11.6 Å². The van der Waals surface area contributed by atoms with Gasteiger partial charge in [-0.25, -0.2) is 0 Å². The zero-order valence-electron chi connectivity index (χ0n) is 12.3. The highest BCUT2D eigenvalue weighted by Crippen LogP contribution is 2.31. The van der Waals surface area contributed by atoms with Gasteiger partial charge < -0.3 is 4.90 Å². The zero-order chi connectivity index (χ0) is 15.6. The summed E-state index contributed by atoms with van der Waals surface area (Å²) < 4.78 is 0. The van der Waals surface area contributed by atoms with Crippen molar-refractivity contribution in [3.05, 3.63) is 63.2 Å². The summed E-state index contributed by atoms with van der Waals surface area (Å²) >= 11 is 5.83. The average Bonchev–Trinajstić information content (AvgIpc) is 2.45. The summed E-state index contributed by atoms with van der Waals surface area (Å²) in [4.78, 5) is 12.6. The van der Waals surface area contributed by atoms with E-state index < -0.39 is 4.92 Å². The van der Waals surface area contributed by atoms with E-state index in [1.165, 1.54) is 11.6 Å². The van der Waals surface area contributed by atoms with Crippen molar-refractivity contribution in [1.29, 1.82) is 0 Å². The number of nitro benzene ring substituents is 1. The Labute approximate surface area is 129 Å². The zero-order valence-corrected chi connectivity index (χ0v) is 13.0. The molecule has 0 fully saturated rings. The second-order valence-corrected chi connectivity index (χ2v) is 5.32. The summed E-state index contributed by atoms with van der Waals surface area (Å²) in [7, 11) is 1.94. The minimum atomic E-state index is -0.404. The van der Waals surface area contributed by atoms with Gasteiger partial charge in [0, 0.05) is 30.1 Å². The first-order valence-electron chi connectivity index (χ1n) is 6.58. The number of benzene rings is 2. The van der Waals surface area contributed by atoms with E-state index in [0.29, 0.717) is 5.56 Å². The third-order valence-corrected chi connectivity index (χ3v) is 3.79. The fraction of sp³-hybridized carbons (Fsp3) is 0.250. The molecule has 0 aliphatic rings. The molecule has 0 bridgehead atoms. The molecule has 0 saturated heterocycles. The quantitative estimate of drug-likeness (QED) is 0.466. The lowest BCUT2D eigenvalue weighted by Crippen LogP contribution is -2.11. The molecule has 5 heteroatoms. The Morgan fingerprint density at radius 1 is 1.19 bits per heavy atom. The van der Waals surface area contributed by atoms with E-state index in [9.17, 15) is 10.1 Å². The van der Waals surface area contributed by atoms with Crippen LogP contribution in [-0.2, 0) is 5.88 Å². The SMILES string of the molecule is Cc1ccc(N(C)c2ccc([N+](=O)[O-])c(CCl)c2)c(C)c1. The van der Waals surface area contributed by atoms with Crippen molar-refractivity contribution < 1.29 is 4.92 Å². The van der Waals surface area contributed by atoms with E-state index >= 15 is 0 Å². The summed E-state index contributed by atoms with van der Waals surface area (Å²) in [5.74, 6) is 0.116. The first-order valence-corrected chi connectivity index (χ1v) is 7.11. The standard InChI is InChI=1S/C16H17ClN2O2/c1-11-4-6-15(12(2)8-11)18(3)14-5-7-16(19(20)21)13(9-14)10-17/h4-9H,10H2,1-3H3. The number of alkyl halides is 1. The van der Waals surface area contributed by atoms with Gasteiger partial charge in [0.05, 0.1) is 10.8 Å². The fourth-order valence-corrected chi connectivity index (χ4v) is 2.60. The topological polar surface area (TPSA) is 46.4 Å². The Hall–Kier alpha value is -2.07. The minimum Gasteiger partial charge on any atom is -0.344 e.